The summed E-state index contributed by atoms with van der Waals surface area (Å²) < 4.78 is 0. The van der Waals surface area contributed by atoms with E-state index in [0.29, 0.717) is 6.04 Å². The van der Waals surface area contributed by atoms with Crippen LogP contribution in [-0.2, 0) is 6.54 Å². The average molecular weight is 296 g/mol. The Labute approximate surface area is 125 Å². The van der Waals surface area contributed by atoms with Crippen molar-refractivity contribution in [2.45, 2.75) is 32.4 Å². The van der Waals surface area contributed by atoms with Crippen LogP contribution in [0.25, 0.3) is 0 Å². The first-order chi connectivity index (χ1) is 9.47. The second-order valence-corrected chi connectivity index (χ2v) is 6.74. The molecule has 2 rings (SSSR count). The lowest BCUT2D eigenvalue weighted by atomic mass is 10.0. The van der Waals surface area contributed by atoms with Crippen molar-refractivity contribution >= 4 is 17.4 Å². The smallest absolute Gasteiger partial charge is 0.319 e. The zero-order valence-electron chi connectivity index (χ0n) is 12.8. The third-order valence-corrected chi connectivity index (χ3v) is 4.59. The van der Waals surface area contributed by atoms with Gasteiger partial charge in [-0.05, 0) is 26.3 Å². The minimum absolute atomic E-state index is 0.0846. The fraction of sp³-hybridized carbons (Fsp3) is 0.714. The van der Waals surface area contributed by atoms with Gasteiger partial charge in [0.25, 0.3) is 0 Å². The summed E-state index contributed by atoms with van der Waals surface area (Å²) in [5.41, 5.74) is 1.15. The molecule has 1 aromatic rings. The van der Waals surface area contributed by atoms with Crippen LogP contribution in [0.1, 0.15) is 23.5 Å². The van der Waals surface area contributed by atoms with Crippen LogP contribution in [0.2, 0.25) is 0 Å². The lowest BCUT2D eigenvalue weighted by Gasteiger charge is -2.38. The Balaban J connectivity index is 1.93. The van der Waals surface area contributed by atoms with Crippen LogP contribution in [-0.4, -0.2) is 66.0 Å². The molecule has 0 aromatic carbocycles. The number of rotatable bonds is 3. The SMILES string of the molecule is Cc1nc(CN2CCCC(N(C)C(=O)N(C)C)C2)cs1. The van der Waals surface area contributed by atoms with Crippen LogP contribution in [0, 0.1) is 6.92 Å². The summed E-state index contributed by atoms with van der Waals surface area (Å²) in [4.78, 5) is 22.5. The molecule has 1 aliphatic heterocycles. The van der Waals surface area contributed by atoms with Gasteiger partial charge in [0.2, 0.25) is 0 Å². The van der Waals surface area contributed by atoms with Crippen molar-refractivity contribution in [3.8, 4) is 0 Å². The molecule has 2 amide bonds. The maximum atomic E-state index is 12.0. The van der Waals surface area contributed by atoms with Crippen molar-refractivity contribution in [1.29, 1.82) is 0 Å². The first-order valence-electron chi connectivity index (χ1n) is 7.05. The molecule has 1 aliphatic rings. The van der Waals surface area contributed by atoms with Gasteiger partial charge in [-0.3, -0.25) is 4.90 Å². The topological polar surface area (TPSA) is 39.7 Å². The highest BCUT2D eigenvalue weighted by atomic mass is 32.1. The standard InChI is InChI=1S/C14H24N4OS/c1-11-15-12(10-20-11)8-18-7-5-6-13(9-18)17(4)14(19)16(2)3/h10,13H,5-9H2,1-4H3. The zero-order valence-corrected chi connectivity index (χ0v) is 13.6. The Morgan fingerprint density at radius 2 is 2.25 bits per heavy atom. The number of aryl methyl sites for hydroxylation is 1. The van der Waals surface area contributed by atoms with Crippen LogP contribution >= 0.6 is 11.3 Å². The maximum absolute atomic E-state index is 12.0. The van der Waals surface area contributed by atoms with Crippen LogP contribution < -0.4 is 0 Å². The van der Waals surface area contributed by atoms with Gasteiger partial charge in [-0.25, -0.2) is 9.78 Å². The number of aromatic nitrogens is 1. The van der Waals surface area contributed by atoms with Crippen molar-refractivity contribution in [3.05, 3.63) is 16.1 Å². The summed E-state index contributed by atoms with van der Waals surface area (Å²) in [5.74, 6) is 0. The first-order valence-corrected chi connectivity index (χ1v) is 7.93. The maximum Gasteiger partial charge on any atom is 0.319 e. The molecule has 1 atom stereocenters. The monoisotopic (exact) mass is 296 g/mol. The predicted octanol–water partition coefficient (Wildman–Crippen LogP) is 2.03. The number of carbonyl (C=O) groups excluding carboxylic acids is 1. The molecule has 1 aromatic heterocycles. The molecule has 0 radical (unpaired) electrons. The number of nitrogens with zero attached hydrogens (tertiary/aromatic N) is 4. The van der Waals surface area contributed by atoms with E-state index in [1.54, 1.807) is 30.3 Å². The molecule has 1 unspecified atom stereocenters. The van der Waals surface area contributed by atoms with Gasteiger partial charge in [0.1, 0.15) is 0 Å². The summed E-state index contributed by atoms with van der Waals surface area (Å²) in [6, 6.07) is 0.389. The van der Waals surface area contributed by atoms with Gasteiger partial charge in [-0.1, -0.05) is 0 Å². The number of piperidine rings is 1. The molecule has 0 bridgehead atoms. The largest absolute Gasteiger partial charge is 0.331 e. The van der Waals surface area contributed by atoms with Gasteiger partial charge in [-0.15, -0.1) is 11.3 Å². The molecular formula is C14H24N4OS. The Morgan fingerprint density at radius 3 is 2.85 bits per heavy atom. The molecule has 0 aliphatic carbocycles. The van der Waals surface area contributed by atoms with Crippen molar-refractivity contribution in [1.82, 2.24) is 19.7 Å². The number of carbonyl (C=O) groups is 1. The normalized spacial score (nSPS) is 19.9. The minimum atomic E-state index is 0.0846. The van der Waals surface area contributed by atoms with Crippen molar-refractivity contribution in [2.75, 3.05) is 34.2 Å². The molecule has 2 heterocycles. The van der Waals surface area contributed by atoms with Gasteiger partial charge >= 0.3 is 6.03 Å². The van der Waals surface area contributed by atoms with E-state index in [-0.39, 0.29) is 6.03 Å². The summed E-state index contributed by atoms with van der Waals surface area (Å²) in [6.07, 6.45) is 2.22. The highest BCUT2D eigenvalue weighted by Gasteiger charge is 2.27. The lowest BCUT2D eigenvalue weighted by molar-refractivity contribution is 0.109. The zero-order chi connectivity index (χ0) is 14.7. The van der Waals surface area contributed by atoms with Crippen molar-refractivity contribution in [2.24, 2.45) is 0 Å². The first kappa shape index (κ1) is 15.3. The molecule has 0 spiro atoms. The third kappa shape index (κ3) is 3.70. The van der Waals surface area contributed by atoms with Crippen LogP contribution in [0.3, 0.4) is 0 Å². The fourth-order valence-electron chi connectivity index (χ4n) is 2.67. The lowest BCUT2D eigenvalue weighted by Crippen LogP contribution is -2.50. The molecule has 0 N–H and O–H groups in total. The van der Waals surface area contributed by atoms with Crippen LogP contribution in [0.4, 0.5) is 4.79 Å². The molecule has 5 nitrogen and oxygen atoms in total. The third-order valence-electron chi connectivity index (χ3n) is 3.76. The summed E-state index contributed by atoms with van der Waals surface area (Å²) >= 11 is 1.70. The number of hydrogen-bond donors (Lipinski definition) is 0. The fourth-order valence-corrected chi connectivity index (χ4v) is 3.28. The number of hydrogen-bond acceptors (Lipinski definition) is 4. The van der Waals surface area contributed by atoms with E-state index >= 15 is 0 Å². The molecular weight excluding hydrogens is 272 g/mol. The summed E-state index contributed by atoms with van der Waals surface area (Å²) in [5, 5.41) is 3.25. The van der Waals surface area contributed by atoms with E-state index in [2.05, 4.69) is 15.3 Å². The van der Waals surface area contributed by atoms with Crippen LogP contribution in [0.15, 0.2) is 5.38 Å². The van der Waals surface area contributed by atoms with Crippen molar-refractivity contribution in [3.63, 3.8) is 0 Å². The van der Waals surface area contributed by atoms with Crippen molar-refractivity contribution < 1.29 is 4.79 Å². The Hall–Kier alpha value is -1.14. The van der Waals surface area contributed by atoms with E-state index in [9.17, 15) is 4.79 Å². The number of thiazole rings is 1. The van der Waals surface area contributed by atoms with Gasteiger partial charge in [0.05, 0.1) is 10.7 Å². The van der Waals surface area contributed by atoms with E-state index in [0.717, 1.165) is 43.2 Å². The van der Waals surface area contributed by atoms with Gasteiger partial charge in [0.15, 0.2) is 0 Å². The van der Waals surface area contributed by atoms with Gasteiger partial charge in [-0.2, -0.15) is 0 Å². The molecule has 112 valence electrons. The Bertz CT molecular complexity index is 460. The number of likely N-dealkylation sites (N-methyl/N-ethyl adjacent to an activating group) is 1. The van der Waals surface area contributed by atoms with E-state index in [1.807, 2.05) is 18.9 Å². The van der Waals surface area contributed by atoms with Gasteiger partial charge < -0.3 is 9.80 Å². The Morgan fingerprint density at radius 1 is 1.50 bits per heavy atom. The molecule has 1 fully saturated rings. The summed E-state index contributed by atoms with van der Waals surface area (Å²) in [6.45, 7) is 4.96. The quantitative estimate of drug-likeness (QED) is 0.857. The molecule has 6 heteroatoms. The second-order valence-electron chi connectivity index (χ2n) is 5.68. The number of urea groups is 1. The van der Waals surface area contributed by atoms with Gasteiger partial charge in [0, 0.05) is 45.7 Å². The number of amides is 2. The second kappa shape index (κ2) is 6.54. The molecule has 1 saturated heterocycles. The van der Waals surface area contributed by atoms with E-state index in [4.69, 9.17) is 0 Å². The minimum Gasteiger partial charge on any atom is -0.331 e. The highest BCUT2D eigenvalue weighted by Crippen LogP contribution is 2.18. The molecule has 0 saturated carbocycles. The average Bonchev–Trinajstić information content (AvgIpc) is 2.82. The molecule has 20 heavy (non-hydrogen) atoms. The predicted molar refractivity (Wildman–Crippen MR) is 82.0 cm³/mol. The van der Waals surface area contributed by atoms with Crippen LogP contribution in [0.5, 0.6) is 0 Å². The highest BCUT2D eigenvalue weighted by molar-refractivity contribution is 7.09. The summed E-state index contributed by atoms with van der Waals surface area (Å²) in [7, 11) is 5.51. The van der Waals surface area contributed by atoms with E-state index in [1.165, 1.54) is 0 Å². The number of likely N-dealkylation sites (tertiary alicyclic amines) is 1. The Kier molecular flexibility index (Phi) is 4.99. The van der Waals surface area contributed by atoms with E-state index < -0.39 is 0 Å².